The quantitative estimate of drug-likeness (QED) is 0.840. The smallest absolute Gasteiger partial charge is 0.410 e. The highest BCUT2D eigenvalue weighted by atomic mass is 16.6. The second-order valence-electron chi connectivity index (χ2n) is 8.87. The van der Waals surface area contributed by atoms with Gasteiger partial charge in [-0.05, 0) is 39.7 Å². The van der Waals surface area contributed by atoms with Crippen molar-refractivity contribution in [3.8, 4) is 0 Å². The summed E-state index contributed by atoms with van der Waals surface area (Å²) in [6, 6.07) is 1.59. The Kier molecular flexibility index (Phi) is 5.30. The molecule has 1 aromatic heterocycles. The van der Waals surface area contributed by atoms with Crippen LogP contribution in [0.2, 0.25) is 0 Å². The molecule has 0 unspecified atom stereocenters. The zero-order chi connectivity index (χ0) is 19.0. The molecule has 6 nitrogen and oxygen atoms in total. The third-order valence-corrected chi connectivity index (χ3v) is 4.35. The molecule has 2 rings (SSSR count). The minimum atomic E-state index is -0.559. The lowest BCUT2D eigenvalue weighted by molar-refractivity contribution is -0.122. The highest BCUT2D eigenvalue weighted by Crippen LogP contribution is 2.25. The third kappa shape index (κ3) is 4.83. The Morgan fingerprint density at radius 1 is 1.24 bits per heavy atom. The van der Waals surface area contributed by atoms with Gasteiger partial charge in [-0.25, -0.2) is 4.79 Å². The predicted molar refractivity (Wildman–Crippen MR) is 96.6 cm³/mol. The molecule has 0 spiro atoms. The van der Waals surface area contributed by atoms with E-state index in [1.807, 2.05) is 33.9 Å². The number of likely N-dealkylation sites (tertiary alicyclic amines) is 1. The maximum absolute atomic E-state index is 12.8. The monoisotopic (exact) mass is 349 g/mol. The predicted octanol–water partition coefficient (Wildman–Crippen LogP) is 3.23. The van der Waals surface area contributed by atoms with Crippen LogP contribution in [0.4, 0.5) is 4.79 Å². The van der Waals surface area contributed by atoms with Gasteiger partial charge in [-0.3, -0.25) is 14.4 Å². The van der Waals surface area contributed by atoms with Crippen LogP contribution in [0.1, 0.15) is 65.8 Å². The number of aryl methyl sites for hydroxylation is 1. The van der Waals surface area contributed by atoms with Gasteiger partial charge in [-0.2, -0.15) is 5.10 Å². The van der Waals surface area contributed by atoms with Gasteiger partial charge in [-0.1, -0.05) is 20.8 Å². The lowest BCUT2D eigenvalue weighted by Crippen LogP contribution is -2.44. The number of Topliss-reactive ketones (excluding diaryl/α,β-unsaturated/α-hetero) is 1. The summed E-state index contributed by atoms with van der Waals surface area (Å²) in [5, 5.41) is 4.52. The van der Waals surface area contributed by atoms with E-state index in [1.165, 1.54) is 0 Å². The number of amides is 1. The summed E-state index contributed by atoms with van der Waals surface area (Å²) in [5.41, 5.74) is 1.23. The van der Waals surface area contributed by atoms with Gasteiger partial charge in [0.2, 0.25) is 0 Å². The molecule has 0 N–H and O–H groups in total. The molecule has 1 aliphatic heterocycles. The summed E-state index contributed by atoms with van der Waals surface area (Å²) in [6.45, 7) is 12.4. The number of ether oxygens (including phenoxy) is 1. The molecule has 6 heteroatoms. The fourth-order valence-corrected chi connectivity index (χ4v) is 2.97. The van der Waals surface area contributed by atoms with Crippen molar-refractivity contribution in [2.75, 3.05) is 6.54 Å². The molecule has 2 heterocycles. The van der Waals surface area contributed by atoms with E-state index < -0.39 is 17.7 Å². The average molecular weight is 349 g/mol. The second-order valence-corrected chi connectivity index (χ2v) is 8.87. The SMILES string of the molecule is Cn1nc(C(C)(C)C)cc1CC(=O)[C@@H]1CCCN1C(=O)OC(C)(C)C. The molecular formula is C19H31N3O3. The molecule has 1 atom stereocenters. The first-order chi connectivity index (χ1) is 11.4. The van der Waals surface area contributed by atoms with E-state index in [0.29, 0.717) is 13.0 Å². The van der Waals surface area contributed by atoms with Gasteiger partial charge in [0.1, 0.15) is 5.60 Å². The lowest BCUT2D eigenvalue weighted by atomic mass is 9.92. The number of rotatable bonds is 3. The summed E-state index contributed by atoms with van der Waals surface area (Å²) in [5.74, 6) is 0.0480. The van der Waals surface area contributed by atoms with E-state index in [-0.39, 0.29) is 17.6 Å². The third-order valence-electron chi connectivity index (χ3n) is 4.35. The van der Waals surface area contributed by atoms with Crippen molar-refractivity contribution in [1.29, 1.82) is 0 Å². The van der Waals surface area contributed by atoms with E-state index in [9.17, 15) is 9.59 Å². The van der Waals surface area contributed by atoms with Gasteiger partial charge in [0, 0.05) is 24.7 Å². The molecule has 0 aliphatic carbocycles. The van der Waals surface area contributed by atoms with Crippen LogP contribution in [0.25, 0.3) is 0 Å². The summed E-state index contributed by atoms with van der Waals surface area (Å²) < 4.78 is 7.21. The Bertz CT molecular complexity index is 650. The number of hydrogen-bond donors (Lipinski definition) is 0. The number of nitrogens with zero attached hydrogens (tertiary/aromatic N) is 3. The van der Waals surface area contributed by atoms with Crippen LogP contribution in [-0.2, 0) is 28.4 Å². The van der Waals surface area contributed by atoms with E-state index in [2.05, 4.69) is 25.9 Å². The van der Waals surface area contributed by atoms with Gasteiger partial charge in [-0.15, -0.1) is 0 Å². The summed E-state index contributed by atoms with van der Waals surface area (Å²) in [7, 11) is 1.86. The minimum absolute atomic E-state index is 0.0480. The number of ketones is 1. The summed E-state index contributed by atoms with van der Waals surface area (Å²) >= 11 is 0. The molecule has 0 aromatic carbocycles. The van der Waals surface area contributed by atoms with Crippen molar-refractivity contribution < 1.29 is 14.3 Å². The molecule has 140 valence electrons. The zero-order valence-corrected chi connectivity index (χ0v) is 16.5. The number of carbonyl (C=O) groups is 2. The molecule has 0 bridgehead atoms. The normalized spacial score (nSPS) is 18.5. The molecule has 0 radical (unpaired) electrons. The second kappa shape index (κ2) is 6.81. The molecule has 1 fully saturated rings. The maximum atomic E-state index is 12.8. The zero-order valence-electron chi connectivity index (χ0n) is 16.5. The summed E-state index contributed by atoms with van der Waals surface area (Å²) in [4.78, 5) is 26.8. The minimum Gasteiger partial charge on any atom is -0.444 e. The largest absolute Gasteiger partial charge is 0.444 e. The molecule has 0 saturated carbocycles. The molecular weight excluding hydrogens is 318 g/mol. The van der Waals surface area contributed by atoms with Gasteiger partial charge in [0.05, 0.1) is 18.2 Å². The van der Waals surface area contributed by atoms with Gasteiger partial charge in [0.25, 0.3) is 0 Å². The molecule has 1 aliphatic rings. The van der Waals surface area contributed by atoms with Crippen molar-refractivity contribution in [1.82, 2.24) is 14.7 Å². The first kappa shape index (κ1) is 19.5. The van der Waals surface area contributed by atoms with Crippen molar-refractivity contribution in [3.63, 3.8) is 0 Å². The Morgan fingerprint density at radius 2 is 1.88 bits per heavy atom. The molecule has 1 saturated heterocycles. The van der Waals surface area contributed by atoms with Gasteiger partial charge >= 0.3 is 6.09 Å². The number of aromatic nitrogens is 2. The standard InChI is InChI=1S/C19H31N3O3/c1-18(2,3)16-12-13(21(7)20-16)11-15(23)14-9-8-10-22(14)17(24)25-19(4,5)6/h12,14H,8-11H2,1-7H3/t14-/m0/s1. The van der Waals surface area contributed by atoms with Crippen LogP contribution in [0.3, 0.4) is 0 Å². The summed E-state index contributed by atoms with van der Waals surface area (Å²) in [6.07, 6.45) is 1.41. The Hall–Kier alpha value is -1.85. The molecule has 1 aromatic rings. The highest BCUT2D eigenvalue weighted by Gasteiger charge is 2.36. The van der Waals surface area contributed by atoms with Crippen LogP contribution in [0, 0.1) is 0 Å². The number of carbonyl (C=O) groups excluding carboxylic acids is 2. The van der Waals surface area contributed by atoms with E-state index >= 15 is 0 Å². The van der Waals surface area contributed by atoms with Gasteiger partial charge in [0.15, 0.2) is 5.78 Å². The fraction of sp³-hybridized carbons (Fsp3) is 0.737. The average Bonchev–Trinajstić information content (AvgIpc) is 3.03. The van der Waals surface area contributed by atoms with Crippen LogP contribution in [0.15, 0.2) is 6.07 Å². The van der Waals surface area contributed by atoms with Crippen molar-refractivity contribution in [3.05, 3.63) is 17.5 Å². The highest BCUT2D eigenvalue weighted by molar-refractivity contribution is 5.89. The fourth-order valence-electron chi connectivity index (χ4n) is 2.97. The Morgan fingerprint density at radius 3 is 2.40 bits per heavy atom. The van der Waals surface area contributed by atoms with E-state index in [1.54, 1.807) is 9.58 Å². The van der Waals surface area contributed by atoms with Crippen molar-refractivity contribution in [2.45, 2.75) is 77.9 Å². The molecule has 1 amide bonds. The Balaban J connectivity index is 2.10. The first-order valence-electron chi connectivity index (χ1n) is 8.94. The van der Waals surface area contributed by atoms with Gasteiger partial charge < -0.3 is 4.74 Å². The molecule has 25 heavy (non-hydrogen) atoms. The number of hydrogen-bond acceptors (Lipinski definition) is 4. The topological polar surface area (TPSA) is 64.4 Å². The van der Waals surface area contributed by atoms with Crippen LogP contribution >= 0.6 is 0 Å². The van der Waals surface area contributed by atoms with E-state index in [0.717, 1.165) is 17.8 Å². The maximum Gasteiger partial charge on any atom is 0.410 e. The van der Waals surface area contributed by atoms with Crippen molar-refractivity contribution in [2.24, 2.45) is 7.05 Å². The van der Waals surface area contributed by atoms with Crippen LogP contribution in [-0.4, -0.2) is 44.7 Å². The first-order valence-corrected chi connectivity index (χ1v) is 8.94. The van der Waals surface area contributed by atoms with Crippen LogP contribution in [0.5, 0.6) is 0 Å². The van der Waals surface area contributed by atoms with Crippen LogP contribution < -0.4 is 0 Å². The Labute approximate surface area is 150 Å². The lowest BCUT2D eigenvalue weighted by Gasteiger charge is -2.28. The van der Waals surface area contributed by atoms with E-state index in [4.69, 9.17) is 4.74 Å². The van der Waals surface area contributed by atoms with Crippen molar-refractivity contribution >= 4 is 11.9 Å².